The van der Waals surface area contributed by atoms with Crippen molar-refractivity contribution >= 4 is 23.4 Å². The van der Waals surface area contributed by atoms with Crippen LogP contribution in [-0.2, 0) is 17.8 Å². The minimum absolute atomic E-state index is 0.0258. The quantitative estimate of drug-likeness (QED) is 0.516. The van der Waals surface area contributed by atoms with Crippen LogP contribution in [0.15, 0.2) is 47.6 Å². The molecule has 0 bridgehead atoms. The highest BCUT2D eigenvalue weighted by molar-refractivity contribution is 7.99. The van der Waals surface area contributed by atoms with Crippen molar-refractivity contribution in [2.24, 2.45) is 0 Å². The van der Waals surface area contributed by atoms with Crippen molar-refractivity contribution in [3.63, 3.8) is 0 Å². The second-order valence-corrected chi connectivity index (χ2v) is 8.07. The van der Waals surface area contributed by atoms with E-state index in [0.29, 0.717) is 5.75 Å². The highest BCUT2D eigenvalue weighted by atomic mass is 32.2. The van der Waals surface area contributed by atoms with Crippen molar-refractivity contribution < 1.29 is 4.79 Å². The maximum Gasteiger partial charge on any atom is 0.234 e. The normalized spacial score (nSPS) is 10.9. The fourth-order valence-electron chi connectivity index (χ4n) is 3.33. The molecule has 3 rings (SSSR count). The number of anilines is 1. The highest BCUT2D eigenvalue weighted by Gasteiger charge is 2.16. The lowest BCUT2D eigenvalue weighted by Crippen LogP contribution is -2.16. The number of carbonyl (C=O) groups is 1. The maximum absolute atomic E-state index is 12.6. The van der Waals surface area contributed by atoms with Crippen LogP contribution in [0, 0.1) is 13.8 Å². The monoisotopic (exact) mass is 408 g/mol. The van der Waals surface area contributed by atoms with Crippen LogP contribution in [0.3, 0.4) is 0 Å². The molecule has 29 heavy (non-hydrogen) atoms. The van der Waals surface area contributed by atoms with Crippen LogP contribution in [-0.4, -0.2) is 26.4 Å². The second-order valence-electron chi connectivity index (χ2n) is 7.13. The topological polar surface area (TPSA) is 59.8 Å². The summed E-state index contributed by atoms with van der Waals surface area (Å²) in [6.07, 6.45) is 1.86. The zero-order valence-corrected chi connectivity index (χ0v) is 18.3. The number of aromatic nitrogens is 3. The Morgan fingerprint density at radius 3 is 2.62 bits per heavy atom. The van der Waals surface area contributed by atoms with Gasteiger partial charge in [-0.25, -0.2) is 0 Å². The van der Waals surface area contributed by atoms with E-state index in [0.717, 1.165) is 52.7 Å². The zero-order valence-electron chi connectivity index (χ0n) is 17.5. The summed E-state index contributed by atoms with van der Waals surface area (Å²) < 4.78 is 2.11. The molecule has 1 amide bonds. The van der Waals surface area contributed by atoms with E-state index in [4.69, 9.17) is 0 Å². The molecule has 1 aromatic heterocycles. The van der Waals surface area contributed by atoms with E-state index >= 15 is 0 Å². The molecule has 0 aliphatic carbocycles. The summed E-state index contributed by atoms with van der Waals surface area (Å²) >= 11 is 1.43. The van der Waals surface area contributed by atoms with E-state index in [-0.39, 0.29) is 5.91 Å². The Labute approximate surface area is 176 Å². The SMILES string of the molecule is CCCn1c(SCC(=O)Nc2c(C)cccc2CC)nnc1-c1cccc(C)c1. The first-order valence-electron chi connectivity index (χ1n) is 10.0. The summed E-state index contributed by atoms with van der Waals surface area (Å²) in [4.78, 5) is 12.6. The van der Waals surface area contributed by atoms with Gasteiger partial charge >= 0.3 is 0 Å². The number of benzene rings is 2. The van der Waals surface area contributed by atoms with Gasteiger partial charge in [-0.3, -0.25) is 4.79 Å². The minimum atomic E-state index is -0.0258. The molecule has 0 fully saturated rings. The van der Waals surface area contributed by atoms with Gasteiger partial charge in [0.1, 0.15) is 0 Å². The van der Waals surface area contributed by atoms with Gasteiger partial charge in [0.15, 0.2) is 11.0 Å². The molecule has 0 radical (unpaired) electrons. The molecule has 0 atom stereocenters. The van der Waals surface area contributed by atoms with Gasteiger partial charge < -0.3 is 9.88 Å². The lowest BCUT2D eigenvalue weighted by molar-refractivity contribution is -0.113. The predicted octanol–water partition coefficient (Wildman–Crippen LogP) is 5.27. The third-order valence-electron chi connectivity index (χ3n) is 4.78. The Morgan fingerprint density at radius 2 is 1.90 bits per heavy atom. The molecule has 0 aliphatic rings. The van der Waals surface area contributed by atoms with Crippen molar-refractivity contribution in [1.82, 2.24) is 14.8 Å². The fourth-order valence-corrected chi connectivity index (χ4v) is 4.09. The molecule has 1 N–H and O–H groups in total. The largest absolute Gasteiger partial charge is 0.325 e. The van der Waals surface area contributed by atoms with E-state index in [1.165, 1.54) is 17.3 Å². The summed E-state index contributed by atoms with van der Waals surface area (Å²) in [5, 5.41) is 12.6. The van der Waals surface area contributed by atoms with Gasteiger partial charge in [-0.1, -0.05) is 67.6 Å². The lowest BCUT2D eigenvalue weighted by atomic mass is 10.1. The summed E-state index contributed by atoms with van der Waals surface area (Å²) in [5.41, 5.74) is 5.40. The average Bonchev–Trinajstić information content (AvgIpc) is 3.11. The molecule has 3 aromatic rings. The number of nitrogens with one attached hydrogen (secondary N) is 1. The molecule has 0 saturated heterocycles. The van der Waals surface area contributed by atoms with Crippen LogP contribution in [0.5, 0.6) is 0 Å². The number of aryl methyl sites for hydroxylation is 3. The van der Waals surface area contributed by atoms with Crippen LogP contribution >= 0.6 is 11.8 Å². The molecule has 1 heterocycles. The summed E-state index contributed by atoms with van der Waals surface area (Å²) in [7, 11) is 0. The molecule has 0 unspecified atom stereocenters. The number of amides is 1. The second kappa shape index (κ2) is 9.74. The van der Waals surface area contributed by atoms with Crippen molar-refractivity contribution in [2.75, 3.05) is 11.1 Å². The van der Waals surface area contributed by atoms with Gasteiger partial charge in [-0.2, -0.15) is 0 Å². The number of thioether (sulfide) groups is 1. The Kier molecular flexibility index (Phi) is 7.09. The van der Waals surface area contributed by atoms with Gasteiger partial charge in [0.05, 0.1) is 5.75 Å². The fraction of sp³-hybridized carbons (Fsp3) is 0.348. The van der Waals surface area contributed by atoms with Crippen molar-refractivity contribution in [2.45, 2.75) is 52.2 Å². The Morgan fingerprint density at radius 1 is 1.10 bits per heavy atom. The van der Waals surface area contributed by atoms with Crippen molar-refractivity contribution in [3.8, 4) is 11.4 Å². The molecule has 0 aliphatic heterocycles. The third kappa shape index (κ3) is 5.07. The first-order chi connectivity index (χ1) is 14.0. The van der Waals surface area contributed by atoms with Crippen molar-refractivity contribution in [3.05, 3.63) is 59.2 Å². The molecular formula is C23H28N4OS. The summed E-state index contributed by atoms with van der Waals surface area (Å²) in [6, 6.07) is 14.4. The maximum atomic E-state index is 12.6. The molecule has 2 aromatic carbocycles. The number of hydrogen-bond acceptors (Lipinski definition) is 4. The molecule has 5 nitrogen and oxygen atoms in total. The summed E-state index contributed by atoms with van der Waals surface area (Å²) in [6.45, 7) is 9.14. The lowest BCUT2D eigenvalue weighted by Gasteiger charge is -2.13. The van der Waals surface area contributed by atoms with E-state index in [1.54, 1.807) is 0 Å². The zero-order chi connectivity index (χ0) is 20.8. The predicted molar refractivity (Wildman–Crippen MR) is 120 cm³/mol. The number of rotatable bonds is 8. The number of hydrogen-bond donors (Lipinski definition) is 1. The van der Waals surface area contributed by atoms with E-state index in [2.05, 4.69) is 65.1 Å². The van der Waals surface area contributed by atoms with Crippen LogP contribution in [0.1, 0.15) is 37.0 Å². The highest BCUT2D eigenvalue weighted by Crippen LogP contribution is 2.26. The van der Waals surface area contributed by atoms with Gasteiger partial charge in [-0.15, -0.1) is 10.2 Å². The third-order valence-corrected chi connectivity index (χ3v) is 5.74. The molecule has 0 spiro atoms. The standard InChI is InChI=1S/C23H28N4OS/c1-5-13-27-22(19-12-7-9-16(3)14-19)25-26-23(27)29-15-20(28)24-21-17(4)10-8-11-18(21)6-2/h7-12,14H,5-6,13,15H2,1-4H3,(H,24,28). The minimum Gasteiger partial charge on any atom is -0.325 e. The van der Waals surface area contributed by atoms with Crippen molar-refractivity contribution in [1.29, 1.82) is 0 Å². The number of nitrogens with zero attached hydrogens (tertiary/aromatic N) is 3. The van der Waals surface area contributed by atoms with Crippen LogP contribution < -0.4 is 5.32 Å². The smallest absolute Gasteiger partial charge is 0.234 e. The van der Waals surface area contributed by atoms with Gasteiger partial charge in [0, 0.05) is 17.8 Å². The molecule has 0 saturated carbocycles. The van der Waals surface area contributed by atoms with E-state index < -0.39 is 0 Å². The van der Waals surface area contributed by atoms with E-state index in [9.17, 15) is 4.79 Å². The molecule has 152 valence electrons. The summed E-state index contributed by atoms with van der Waals surface area (Å²) in [5.74, 6) is 1.13. The first kappa shape index (κ1) is 21.1. The number of para-hydroxylation sites is 1. The molecular weight excluding hydrogens is 380 g/mol. The van der Waals surface area contributed by atoms with Crippen LogP contribution in [0.4, 0.5) is 5.69 Å². The van der Waals surface area contributed by atoms with Gasteiger partial charge in [0.25, 0.3) is 0 Å². The van der Waals surface area contributed by atoms with Gasteiger partial charge in [-0.05, 0) is 43.9 Å². The first-order valence-corrected chi connectivity index (χ1v) is 11.0. The average molecular weight is 409 g/mol. The number of carbonyl (C=O) groups excluding carboxylic acids is 1. The van der Waals surface area contributed by atoms with Crippen LogP contribution in [0.2, 0.25) is 0 Å². The Hall–Kier alpha value is -2.60. The van der Waals surface area contributed by atoms with Gasteiger partial charge in [0.2, 0.25) is 5.91 Å². The van der Waals surface area contributed by atoms with Crippen LogP contribution in [0.25, 0.3) is 11.4 Å². The Balaban J connectivity index is 1.75. The van der Waals surface area contributed by atoms with E-state index in [1.807, 2.05) is 25.1 Å². The Bertz CT molecular complexity index is 996. The molecule has 6 heteroatoms.